The summed E-state index contributed by atoms with van der Waals surface area (Å²) in [5.41, 5.74) is 0.239. The Bertz CT molecular complexity index is 369. The number of ether oxygens (including phenoxy) is 1. The lowest BCUT2D eigenvalue weighted by molar-refractivity contribution is 0.0594. The van der Waals surface area contributed by atoms with E-state index >= 15 is 0 Å². The highest BCUT2D eigenvalue weighted by molar-refractivity contribution is 5.86. The molecule has 0 aliphatic heterocycles. The molecule has 5 heteroatoms. The van der Waals surface area contributed by atoms with Gasteiger partial charge in [-0.1, -0.05) is 26.7 Å². The van der Waals surface area contributed by atoms with E-state index < -0.39 is 5.97 Å². The molecule has 0 aliphatic carbocycles. The largest absolute Gasteiger partial charge is 0.464 e. The molecule has 0 spiro atoms. The molecule has 0 bridgehead atoms. The average Bonchev–Trinajstić information content (AvgIpc) is 2.89. The number of carbonyl (C=O) groups is 1. The first-order valence-corrected chi connectivity index (χ1v) is 6.96. The summed E-state index contributed by atoms with van der Waals surface area (Å²) in [6, 6.07) is 0. The number of hydrogen-bond acceptors (Lipinski definition) is 5. The minimum Gasteiger partial charge on any atom is -0.464 e. The van der Waals surface area contributed by atoms with Crippen LogP contribution in [0.2, 0.25) is 0 Å². The maximum absolute atomic E-state index is 11.3. The van der Waals surface area contributed by atoms with Crippen LogP contribution in [-0.4, -0.2) is 36.1 Å². The summed E-state index contributed by atoms with van der Waals surface area (Å²) in [5, 5.41) is 0. The number of rotatable bonds is 9. The fourth-order valence-corrected chi connectivity index (χ4v) is 1.81. The van der Waals surface area contributed by atoms with Crippen molar-refractivity contribution in [2.45, 2.75) is 46.1 Å². The number of aromatic nitrogens is 1. The number of unbranched alkanes of at least 4 members (excludes halogenated alkanes) is 2. The first-order valence-electron chi connectivity index (χ1n) is 6.96. The van der Waals surface area contributed by atoms with Gasteiger partial charge in [-0.15, -0.1) is 0 Å². The van der Waals surface area contributed by atoms with E-state index in [1.54, 1.807) is 0 Å². The topological polar surface area (TPSA) is 55.6 Å². The molecule has 1 aromatic heterocycles. The molecule has 5 nitrogen and oxygen atoms in total. The zero-order valence-electron chi connectivity index (χ0n) is 12.1. The predicted octanol–water partition coefficient (Wildman–Crippen LogP) is 2.86. The highest BCUT2D eigenvalue weighted by Gasteiger charge is 2.14. The second kappa shape index (κ2) is 8.69. The van der Waals surface area contributed by atoms with Gasteiger partial charge in [0.15, 0.2) is 5.69 Å². The van der Waals surface area contributed by atoms with E-state index in [2.05, 4.69) is 28.5 Å². The van der Waals surface area contributed by atoms with Gasteiger partial charge in [-0.05, 0) is 25.9 Å². The van der Waals surface area contributed by atoms with Crippen LogP contribution in [0.3, 0.4) is 0 Å². The Hall–Kier alpha value is -1.36. The van der Waals surface area contributed by atoms with Gasteiger partial charge < -0.3 is 9.15 Å². The van der Waals surface area contributed by atoms with E-state index in [-0.39, 0.29) is 5.69 Å². The first kappa shape index (κ1) is 15.7. The van der Waals surface area contributed by atoms with Crippen LogP contribution in [0.1, 0.15) is 55.9 Å². The second-order valence-corrected chi connectivity index (χ2v) is 4.60. The summed E-state index contributed by atoms with van der Waals surface area (Å²) in [6.45, 7) is 7.08. The van der Waals surface area contributed by atoms with Crippen LogP contribution in [0, 0.1) is 0 Å². The summed E-state index contributed by atoms with van der Waals surface area (Å²) in [7, 11) is 1.34. The molecule has 1 heterocycles. The minimum absolute atomic E-state index is 0.239. The zero-order chi connectivity index (χ0) is 14.1. The molecule has 19 heavy (non-hydrogen) atoms. The number of carbonyl (C=O) groups excluding carboxylic acids is 1. The van der Waals surface area contributed by atoms with Crippen LogP contribution in [0.4, 0.5) is 0 Å². The quantitative estimate of drug-likeness (QED) is 0.645. The van der Waals surface area contributed by atoms with Gasteiger partial charge in [0, 0.05) is 0 Å². The normalized spacial score (nSPS) is 10.9. The third kappa shape index (κ3) is 5.42. The van der Waals surface area contributed by atoms with Crippen molar-refractivity contribution in [2.24, 2.45) is 0 Å². The molecule has 0 radical (unpaired) electrons. The van der Waals surface area contributed by atoms with Gasteiger partial charge in [-0.25, -0.2) is 9.78 Å². The van der Waals surface area contributed by atoms with Crippen molar-refractivity contribution in [3.05, 3.63) is 17.8 Å². The van der Waals surface area contributed by atoms with Gasteiger partial charge in [0.05, 0.1) is 13.7 Å². The first-order chi connectivity index (χ1) is 9.21. The van der Waals surface area contributed by atoms with Crippen LogP contribution >= 0.6 is 0 Å². The lowest BCUT2D eigenvalue weighted by Crippen LogP contribution is -2.25. The van der Waals surface area contributed by atoms with E-state index in [0.717, 1.165) is 25.9 Å². The minimum atomic E-state index is -0.455. The highest BCUT2D eigenvalue weighted by atomic mass is 16.5. The van der Waals surface area contributed by atoms with Crippen LogP contribution < -0.4 is 0 Å². The van der Waals surface area contributed by atoms with Crippen molar-refractivity contribution < 1.29 is 13.9 Å². The Morgan fingerprint density at radius 3 is 2.47 bits per heavy atom. The van der Waals surface area contributed by atoms with Crippen LogP contribution in [0.5, 0.6) is 0 Å². The standard InChI is InChI=1S/C14H24N2O3/c1-4-6-8-16(9-7-5-2)10-13-15-12(11-19-13)14(17)18-3/h11H,4-10H2,1-3H3. The Morgan fingerprint density at radius 2 is 1.95 bits per heavy atom. The molecule has 1 aromatic rings. The molecule has 0 aliphatic rings. The summed E-state index contributed by atoms with van der Waals surface area (Å²) >= 11 is 0. The third-order valence-electron chi connectivity index (χ3n) is 2.96. The maximum Gasteiger partial charge on any atom is 0.360 e. The van der Waals surface area contributed by atoms with Crippen molar-refractivity contribution in [2.75, 3.05) is 20.2 Å². The summed E-state index contributed by atoms with van der Waals surface area (Å²) < 4.78 is 9.93. The van der Waals surface area contributed by atoms with Gasteiger partial charge in [0.2, 0.25) is 5.89 Å². The van der Waals surface area contributed by atoms with Crippen molar-refractivity contribution in [3.8, 4) is 0 Å². The number of nitrogens with zero attached hydrogens (tertiary/aromatic N) is 2. The summed E-state index contributed by atoms with van der Waals surface area (Å²) in [6.07, 6.45) is 6.02. The molecule has 108 valence electrons. The number of oxazole rings is 1. The molecule has 0 saturated heterocycles. The van der Waals surface area contributed by atoms with Gasteiger partial charge >= 0.3 is 5.97 Å². The molecular formula is C14H24N2O3. The van der Waals surface area contributed by atoms with Gasteiger partial charge in [-0.2, -0.15) is 0 Å². The number of methoxy groups -OCH3 is 1. The van der Waals surface area contributed by atoms with E-state index in [0.29, 0.717) is 12.4 Å². The smallest absolute Gasteiger partial charge is 0.360 e. The molecule has 0 unspecified atom stereocenters. The molecule has 0 aromatic carbocycles. The van der Waals surface area contributed by atoms with Crippen molar-refractivity contribution in [1.29, 1.82) is 0 Å². The molecular weight excluding hydrogens is 244 g/mol. The molecule has 0 amide bonds. The van der Waals surface area contributed by atoms with Gasteiger partial charge in [0.25, 0.3) is 0 Å². The van der Waals surface area contributed by atoms with Crippen LogP contribution in [0.15, 0.2) is 10.7 Å². The second-order valence-electron chi connectivity index (χ2n) is 4.60. The average molecular weight is 268 g/mol. The molecule has 0 fully saturated rings. The van der Waals surface area contributed by atoms with Gasteiger partial charge in [0.1, 0.15) is 6.26 Å². The SMILES string of the molecule is CCCCN(CCCC)Cc1nc(C(=O)OC)co1. The van der Waals surface area contributed by atoms with E-state index in [4.69, 9.17) is 4.42 Å². The number of esters is 1. The zero-order valence-corrected chi connectivity index (χ0v) is 12.1. The fourth-order valence-electron chi connectivity index (χ4n) is 1.81. The molecule has 0 N–H and O–H groups in total. The Labute approximate surface area is 114 Å². The fraction of sp³-hybridized carbons (Fsp3) is 0.714. The summed E-state index contributed by atoms with van der Waals surface area (Å²) in [4.78, 5) is 17.8. The lowest BCUT2D eigenvalue weighted by Gasteiger charge is -2.19. The highest BCUT2D eigenvalue weighted by Crippen LogP contribution is 2.09. The van der Waals surface area contributed by atoms with Gasteiger partial charge in [-0.3, -0.25) is 4.90 Å². The van der Waals surface area contributed by atoms with E-state index in [1.807, 2.05) is 0 Å². The Balaban J connectivity index is 2.56. The van der Waals surface area contributed by atoms with Crippen molar-refractivity contribution >= 4 is 5.97 Å². The van der Waals surface area contributed by atoms with Crippen molar-refractivity contribution in [1.82, 2.24) is 9.88 Å². The molecule has 0 atom stereocenters. The number of hydrogen-bond donors (Lipinski definition) is 0. The van der Waals surface area contributed by atoms with Crippen LogP contribution in [0.25, 0.3) is 0 Å². The predicted molar refractivity (Wildman–Crippen MR) is 72.9 cm³/mol. The lowest BCUT2D eigenvalue weighted by atomic mass is 10.2. The Kier molecular flexibility index (Phi) is 7.18. The molecule has 0 saturated carbocycles. The van der Waals surface area contributed by atoms with E-state index in [9.17, 15) is 4.79 Å². The third-order valence-corrected chi connectivity index (χ3v) is 2.96. The summed E-state index contributed by atoms with van der Waals surface area (Å²) in [5.74, 6) is 0.122. The Morgan fingerprint density at radius 1 is 1.32 bits per heavy atom. The monoisotopic (exact) mass is 268 g/mol. The van der Waals surface area contributed by atoms with Crippen molar-refractivity contribution in [3.63, 3.8) is 0 Å². The van der Waals surface area contributed by atoms with Crippen LogP contribution in [-0.2, 0) is 11.3 Å². The maximum atomic E-state index is 11.3. The van der Waals surface area contributed by atoms with E-state index in [1.165, 1.54) is 26.2 Å². The molecule has 1 rings (SSSR count).